The number of benzene rings is 1. The van der Waals surface area contributed by atoms with E-state index in [1.807, 2.05) is 6.92 Å². The zero-order chi connectivity index (χ0) is 10.6. The Hall–Kier alpha value is -1.64. The number of aryl methyl sites for hydroxylation is 1. The normalized spacial score (nSPS) is 10.7. The number of allylic oxidation sites excluding steroid dienone is 2. The highest BCUT2D eigenvalue weighted by Gasteiger charge is 2.07. The predicted molar refractivity (Wildman–Crippen MR) is 52.3 cm³/mol. The molecule has 0 unspecified atom stereocenters. The smallest absolute Gasteiger partial charge is 0.189 e. The molecule has 1 aromatic rings. The Morgan fingerprint density at radius 1 is 1.57 bits per heavy atom. The summed E-state index contributed by atoms with van der Waals surface area (Å²) in [5.74, 6) is -0.460. The molecule has 3 heteroatoms. The number of aromatic hydroxyl groups is 1. The molecule has 74 valence electrons. The zero-order valence-electron chi connectivity index (χ0n) is 7.83. The molecule has 2 nitrogen and oxygen atoms in total. The van der Waals surface area contributed by atoms with Crippen molar-refractivity contribution in [3.05, 3.63) is 41.5 Å². The van der Waals surface area contributed by atoms with Gasteiger partial charge in [-0.15, -0.1) is 0 Å². The Labute approximate surface area is 81.7 Å². The molecular formula is C11H11FO2. The molecule has 0 saturated heterocycles. The second kappa shape index (κ2) is 4.56. The number of halogens is 1. The molecule has 0 aromatic heterocycles. The van der Waals surface area contributed by atoms with Crippen molar-refractivity contribution in [1.82, 2.24) is 0 Å². The maximum absolute atomic E-state index is 11.7. The molecular weight excluding hydrogens is 183 g/mol. The van der Waals surface area contributed by atoms with E-state index in [2.05, 4.69) is 0 Å². The standard InChI is InChI=1S/C11H11FO2/c1-8-4-5-9(11(14)7-8)10(13)3-2-6-12/h2-5,7,14H,6H2,1H3/b3-2+. The van der Waals surface area contributed by atoms with Crippen molar-refractivity contribution >= 4 is 5.78 Å². The van der Waals surface area contributed by atoms with Crippen molar-refractivity contribution in [3.63, 3.8) is 0 Å². The number of carbonyl (C=O) groups excluding carboxylic acids is 1. The molecule has 0 aliphatic carbocycles. The first kappa shape index (κ1) is 10.4. The summed E-state index contributed by atoms with van der Waals surface area (Å²) in [5, 5.41) is 9.41. The van der Waals surface area contributed by atoms with Crippen molar-refractivity contribution in [2.24, 2.45) is 0 Å². The van der Waals surface area contributed by atoms with Crippen molar-refractivity contribution in [2.45, 2.75) is 6.92 Å². The number of hydrogen-bond donors (Lipinski definition) is 1. The van der Waals surface area contributed by atoms with Crippen LogP contribution in [0.15, 0.2) is 30.4 Å². The molecule has 0 amide bonds. The van der Waals surface area contributed by atoms with Gasteiger partial charge in [0.2, 0.25) is 0 Å². The van der Waals surface area contributed by atoms with Gasteiger partial charge in [-0.05, 0) is 36.8 Å². The number of phenolic OH excluding ortho intramolecular Hbond substituents is 1. The summed E-state index contributed by atoms with van der Waals surface area (Å²) in [6.45, 7) is 1.13. The van der Waals surface area contributed by atoms with Gasteiger partial charge in [-0.2, -0.15) is 0 Å². The summed E-state index contributed by atoms with van der Waals surface area (Å²) >= 11 is 0. The highest BCUT2D eigenvalue weighted by Crippen LogP contribution is 2.19. The fourth-order valence-corrected chi connectivity index (χ4v) is 1.09. The van der Waals surface area contributed by atoms with Crippen molar-refractivity contribution in [1.29, 1.82) is 0 Å². The van der Waals surface area contributed by atoms with Crippen LogP contribution in [0.25, 0.3) is 0 Å². The van der Waals surface area contributed by atoms with Crippen LogP contribution in [0.3, 0.4) is 0 Å². The summed E-state index contributed by atoms with van der Waals surface area (Å²) in [4.78, 5) is 11.3. The van der Waals surface area contributed by atoms with E-state index in [0.717, 1.165) is 17.7 Å². The number of hydrogen-bond acceptors (Lipinski definition) is 2. The number of alkyl halides is 1. The SMILES string of the molecule is Cc1ccc(C(=O)/C=C/CF)c(O)c1. The summed E-state index contributed by atoms with van der Waals surface area (Å²) in [6.07, 6.45) is 2.23. The van der Waals surface area contributed by atoms with Crippen LogP contribution in [-0.2, 0) is 0 Å². The molecule has 0 aliphatic heterocycles. The van der Waals surface area contributed by atoms with E-state index in [4.69, 9.17) is 0 Å². The van der Waals surface area contributed by atoms with Gasteiger partial charge < -0.3 is 5.11 Å². The second-order valence-corrected chi connectivity index (χ2v) is 2.94. The van der Waals surface area contributed by atoms with Gasteiger partial charge in [-0.25, -0.2) is 4.39 Å². The molecule has 0 radical (unpaired) electrons. The van der Waals surface area contributed by atoms with Crippen molar-refractivity contribution < 1.29 is 14.3 Å². The van der Waals surface area contributed by atoms with E-state index in [-0.39, 0.29) is 17.1 Å². The van der Waals surface area contributed by atoms with Gasteiger partial charge >= 0.3 is 0 Å². The number of phenols is 1. The van der Waals surface area contributed by atoms with Crippen LogP contribution >= 0.6 is 0 Å². The van der Waals surface area contributed by atoms with Crippen molar-refractivity contribution in [2.75, 3.05) is 6.67 Å². The fraction of sp³-hybridized carbons (Fsp3) is 0.182. The van der Waals surface area contributed by atoms with Gasteiger partial charge in [-0.1, -0.05) is 6.07 Å². The molecule has 14 heavy (non-hydrogen) atoms. The summed E-state index contributed by atoms with van der Waals surface area (Å²) in [6, 6.07) is 4.74. The number of carbonyl (C=O) groups is 1. The summed E-state index contributed by atoms with van der Waals surface area (Å²) in [5.41, 5.74) is 1.06. The first-order chi connectivity index (χ1) is 6.65. The highest BCUT2D eigenvalue weighted by molar-refractivity contribution is 6.06. The van der Waals surface area contributed by atoms with Crippen LogP contribution in [0.5, 0.6) is 5.75 Å². The van der Waals surface area contributed by atoms with Crippen LogP contribution in [-0.4, -0.2) is 17.6 Å². The molecule has 1 aromatic carbocycles. The van der Waals surface area contributed by atoms with Crippen LogP contribution in [0.1, 0.15) is 15.9 Å². The lowest BCUT2D eigenvalue weighted by atomic mass is 10.1. The third kappa shape index (κ3) is 2.42. The first-order valence-electron chi connectivity index (χ1n) is 4.21. The second-order valence-electron chi connectivity index (χ2n) is 2.94. The van der Waals surface area contributed by atoms with Gasteiger partial charge in [0.1, 0.15) is 12.4 Å². The van der Waals surface area contributed by atoms with E-state index in [1.54, 1.807) is 6.07 Å². The molecule has 0 fully saturated rings. The fourth-order valence-electron chi connectivity index (χ4n) is 1.09. The predicted octanol–water partition coefficient (Wildman–Crippen LogP) is 2.41. The van der Waals surface area contributed by atoms with E-state index < -0.39 is 6.67 Å². The number of rotatable bonds is 3. The van der Waals surface area contributed by atoms with Crippen LogP contribution in [0, 0.1) is 6.92 Å². The molecule has 0 saturated carbocycles. The molecule has 1 N–H and O–H groups in total. The molecule has 1 rings (SSSR count). The van der Waals surface area contributed by atoms with Gasteiger partial charge in [0.25, 0.3) is 0 Å². The monoisotopic (exact) mass is 194 g/mol. The molecule has 0 spiro atoms. The quantitative estimate of drug-likeness (QED) is 0.592. The lowest BCUT2D eigenvalue weighted by Crippen LogP contribution is -1.95. The van der Waals surface area contributed by atoms with E-state index in [0.29, 0.717) is 0 Å². The minimum absolute atomic E-state index is 0.0708. The van der Waals surface area contributed by atoms with E-state index in [1.165, 1.54) is 12.1 Å². The molecule has 0 aliphatic rings. The Morgan fingerprint density at radius 3 is 2.86 bits per heavy atom. The third-order valence-corrected chi connectivity index (χ3v) is 1.78. The maximum atomic E-state index is 11.7. The topological polar surface area (TPSA) is 37.3 Å². The van der Waals surface area contributed by atoms with Gasteiger partial charge in [0.15, 0.2) is 5.78 Å². The minimum atomic E-state index is -0.682. The van der Waals surface area contributed by atoms with Crippen LogP contribution < -0.4 is 0 Å². The molecule has 0 atom stereocenters. The molecule has 0 bridgehead atoms. The van der Waals surface area contributed by atoms with Crippen LogP contribution in [0.4, 0.5) is 4.39 Å². The first-order valence-corrected chi connectivity index (χ1v) is 4.21. The average molecular weight is 194 g/mol. The number of ketones is 1. The minimum Gasteiger partial charge on any atom is -0.507 e. The van der Waals surface area contributed by atoms with Gasteiger partial charge in [0.05, 0.1) is 5.56 Å². The maximum Gasteiger partial charge on any atom is 0.189 e. The third-order valence-electron chi connectivity index (χ3n) is 1.78. The lowest BCUT2D eigenvalue weighted by Gasteiger charge is -2.00. The summed E-state index contributed by atoms with van der Waals surface area (Å²) in [7, 11) is 0. The Morgan fingerprint density at radius 2 is 2.29 bits per heavy atom. The Balaban J connectivity index is 2.96. The van der Waals surface area contributed by atoms with Crippen LogP contribution in [0.2, 0.25) is 0 Å². The van der Waals surface area contributed by atoms with E-state index in [9.17, 15) is 14.3 Å². The summed E-state index contributed by atoms with van der Waals surface area (Å²) < 4.78 is 11.7. The average Bonchev–Trinajstić information content (AvgIpc) is 2.14. The highest BCUT2D eigenvalue weighted by atomic mass is 19.1. The Kier molecular flexibility index (Phi) is 3.40. The van der Waals surface area contributed by atoms with Crippen molar-refractivity contribution in [3.8, 4) is 5.75 Å². The van der Waals surface area contributed by atoms with Gasteiger partial charge in [-0.3, -0.25) is 4.79 Å². The molecule has 0 heterocycles. The lowest BCUT2D eigenvalue weighted by molar-refractivity contribution is 0.104. The largest absolute Gasteiger partial charge is 0.507 e. The zero-order valence-corrected chi connectivity index (χ0v) is 7.83. The van der Waals surface area contributed by atoms with Gasteiger partial charge in [0, 0.05) is 0 Å². The van der Waals surface area contributed by atoms with E-state index >= 15 is 0 Å². The Bertz CT molecular complexity index is 370.